The zero-order valence-corrected chi connectivity index (χ0v) is 17.3. The maximum atomic E-state index is 11.8. The summed E-state index contributed by atoms with van der Waals surface area (Å²) in [6.45, 7) is 5.39. The quantitative estimate of drug-likeness (QED) is 0.590. The Balaban J connectivity index is 1.85. The van der Waals surface area contributed by atoms with Gasteiger partial charge >= 0.3 is 5.97 Å². The topological polar surface area (TPSA) is 54.0 Å². The molecule has 0 N–H and O–H groups in total. The van der Waals surface area contributed by atoms with E-state index in [1.165, 1.54) is 5.56 Å². The molecule has 0 bridgehead atoms. The van der Waals surface area contributed by atoms with Crippen molar-refractivity contribution in [2.45, 2.75) is 39.2 Å². The summed E-state index contributed by atoms with van der Waals surface area (Å²) in [5.74, 6) is 1.73. The molecule has 0 fully saturated rings. The minimum Gasteiger partial charge on any atom is -0.493 e. The first-order valence-electron chi connectivity index (χ1n) is 9.29. The van der Waals surface area contributed by atoms with E-state index in [1.54, 1.807) is 14.2 Å². The lowest BCUT2D eigenvalue weighted by Gasteiger charge is -2.19. The van der Waals surface area contributed by atoms with Crippen LogP contribution in [0.3, 0.4) is 0 Å². The third kappa shape index (κ3) is 7.14. The van der Waals surface area contributed by atoms with Gasteiger partial charge in [-0.3, -0.25) is 0 Å². The number of methoxy groups -OCH3 is 2. The first kappa shape index (κ1) is 21.6. The Hall–Kier alpha value is -2.69. The molecule has 1 radical (unpaired) electrons. The first-order chi connectivity index (χ1) is 13.3. The van der Waals surface area contributed by atoms with Crippen LogP contribution in [0.15, 0.2) is 42.5 Å². The van der Waals surface area contributed by atoms with Gasteiger partial charge in [-0.05, 0) is 75.4 Å². The van der Waals surface area contributed by atoms with Crippen LogP contribution in [0.2, 0.25) is 0 Å². The Bertz CT molecular complexity index is 777. The minimum absolute atomic E-state index is 0.105. The second-order valence-corrected chi connectivity index (χ2v) is 7.38. The lowest BCUT2D eigenvalue weighted by atomic mass is 10.0. The van der Waals surface area contributed by atoms with Crippen molar-refractivity contribution in [1.82, 2.24) is 0 Å². The Morgan fingerprint density at radius 2 is 1.75 bits per heavy atom. The van der Waals surface area contributed by atoms with E-state index in [0.29, 0.717) is 5.75 Å². The van der Waals surface area contributed by atoms with Crippen LogP contribution in [-0.2, 0) is 16.0 Å². The molecule has 28 heavy (non-hydrogen) atoms. The van der Waals surface area contributed by atoms with Gasteiger partial charge in [0.2, 0.25) is 0 Å². The van der Waals surface area contributed by atoms with Crippen LogP contribution in [0.5, 0.6) is 17.2 Å². The summed E-state index contributed by atoms with van der Waals surface area (Å²) in [7, 11) is 3.26. The van der Waals surface area contributed by atoms with Crippen molar-refractivity contribution in [2.75, 3.05) is 20.8 Å². The van der Waals surface area contributed by atoms with Gasteiger partial charge in [0.05, 0.1) is 14.2 Å². The van der Waals surface area contributed by atoms with Crippen LogP contribution < -0.4 is 14.2 Å². The highest BCUT2D eigenvalue weighted by atomic mass is 16.6. The Morgan fingerprint density at radius 3 is 2.43 bits per heavy atom. The van der Waals surface area contributed by atoms with Gasteiger partial charge in [0.15, 0.2) is 18.1 Å². The van der Waals surface area contributed by atoms with Crippen molar-refractivity contribution in [3.05, 3.63) is 60.0 Å². The summed E-state index contributed by atoms with van der Waals surface area (Å²) in [5, 5.41) is 0. The van der Waals surface area contributed by atoms with Crippen molar-refractivity contribution in [3.63, 3.8) is 0 Å². The highest BCUT2D eigenvalue weighted by Crippen LogP contribution is 2.28. The van der Waals surface area contributed by atoms with Crippen molar-refractivity contribution in [2.24, 2.45) is 0 Å². The molecule has 2 aromatic carbocycles. The van der Waals surface area contributed by atoms with Crippen LogP contribution in [-0.4, -0.2) is 32.4 Å². The number of ether oxygens (including phenoxy) is 4. The second-order valence-electron chi connectivity index (χ2n) is 7.38. The average molecular weight is 385 g/mol. The number of benzene rings is 2. The van der Waals surface area contributed by atoms with Gasteiger partial charge in [-0.15, -0.1) is 0 Å². The summed E-state index contributed by atoms with van der Waals surface area (Å²) in [4.78, 5) is 11.8. The molecule has 0 saturated carbocycles. The van der Waals surface area contributed by atoms with Gasteiger partial charge in [0.25, 0.3) is 0 Å². The molecule has 0 unspecified atom stereocenters. The van der Waals surface area contributed by atoms with E-state index in [-0.39, 0.29) is 12.6 Å². The fourth-order valence-electron chi connectivity index (χ4n) is 2.69. The fourth-order valence-corrected chi connectivity index (χ4v) is 2.69. The van der Waals surface area contributed by atoms with Crippen LogP contribution in [0.25, 0.3) is 0 Å². The predicted molar refractivity (Wildman–Crippen MR) is 109 cm³/mol. The van der Waals surface area contributed by atoms with E-state index in [0.717, 1.165) is 29.9 Å². The normalized spacial score (nSPS) is 11.0. The first-order valence-corrected chi connectivity index (χ1v) is 9.29. The second kappa shape index (κ2) is 10.0. The molecule has 0 aromatic heterocycles. The van der Waals surface area contributed by atoms with Gasteiger partial charge in [-0.2, -0.15) is 0 Å². The number of hydrogen-bond donors (Lipinski definition) is 0. The summed E-state index contributed by atoms with van der Waals surface area (Å²) in [6, 6.07) is 13.6. The summed E-state index contributed by atoms with van der Waals surface area (Å²) >= 11 is 0. The Morgan fingerprint density at radius 1 is 1.00 bits per heavy atom. The van der Waals surface area contributed by atoms with E-state index in [1.807, 2.05) is 63.2 Å². The van der Waals surface area contributed by atoms with Crippen LogP contribution in [0.1, 0.15) is 38.3 Å². The predicted octanol–water partition coefficient (Wildman–Crippen LogP) is 4.61. The van der Waals surface area contributed by atoms with E-state index >= 15 is 0 Å². The number of hydrogen-bond acceptors (Lipinski definition) is 5. The highest BCUT2D eigenvalue weighted by molar-refractivity contribution is 5.71. The molecule has 5 nitrogen and oxygen atoms in total. The lowest BCUT2D eigenvalue weighted by Crippen LogP contribution is -2.27. The monoisotopic (exact) mass is 385 g/mol. The molecule has 0 heterocycles. The van der Waals surface area contributed by atoms with Crippen LogP contribution >= 0.6 is 0 Å². The molecule has 0 aliphatic heterocycles. The summed E-state index contributed by atoms with van der Waals surface area (Å²) in [5.41, 5.74) is 1.70. The molecule has 2 aromatic rings. The minimum atomic E-state index is -0.514. The SMILES string of the molecule is COc1ccc(CC[CH]c2cccc(OCC(=O)OC(C)(C)C)c2)cc1OC. The molecule has 0 aliphatic carbocycles. The highest BCUT2D eigenvalue weighted by Gasteiger charge is 2.16. The Labute approximate surface area is 167 Å². The zero-order valence-electron chi connectivity index (χ0n) is 17.3. The third-order valence-electron chi connectivity index (χ3n) is 3.90. The fraction of sp³-hybridized carbons (Fsp3) is 0.391. The summed E-state index contributed by atoms with van der Waals surface area (Å²) in [6.07, 6.45) is 3.88. The maximum absolute atomic E-state index is 11.8. The lowest BCUT2D eigenvalue weighted by molar-refractivity contribution is -0.157. The van der Waals surface area contributed by atoms with Crippen molar-refractivity contribution < 1.29 is 23.7 Å². The summed E-state index contributed by atoms with van der Waals surface area (Å²) < 4.78 is 21.4. The standard InChI is InChI=1S/C23H29O5/c1-23(2,3)28-22(24)16-27-19-11-7-10-17(14-19)8-6-9-18-12-13-20(25-4)21(15-18)26-5/h7-8,10-15H,6,9,16H2,1-5H3. The van der Waals surface area contributed by atoms with Gasteiger partial charge in [-0.25, -0.2) is 4.79 Å². The van der Waals surface area contributed by atoms with Gasteiger partial charge in [0.1, 0.15) is 11.4 Å². The van der Waals surface area contributed by atoms with Gasteiger partial charge < -0.3 is 18.9 Å². The van der Waals surface area contributed by atoms with Gasteiger partial charge in [0, 0.05) is 0 Å². The van der Waals surface area contributed by atoms with E-state index < -0.39 is 5.60 Å². The molecule has 0 saturated heterocycles. The number of esters is 1. The average Bonchev–Trinajstić information content (AvgIpc) is 2.65. The van der Waals surface area contributed by atoms with Crippen LogP contribution in [0, 0.1) is 6.42 Å². The number of carbonyl (C=O) groups is 1. The van der Waals surface area contributed by atoms with Crippen LogP contribution in [0.4, 0.5) is 0 Å². The molecule has 5 heteroatoms. The molecule has 0 atom stereocenters. The van der Waals surface area contributed by atoms with E-state index in [9.17, 15) is 4.79 Å². The Kier molecular flexibility index (Phi) is 7.73. The van der Waals surface area contributed by atoms with Crippen molar-refractivity contribution >= 4 is 5.97 Å². The number of carbonyl (C=O) groups excluding carboxylic acids is 1. The van der Waals surface area contributed by atoms with Gasteiger partial charge in [-0.1, -0.05) is 18.2 Å². The smallest absolute Gasteiger partial charge is 0.344 e. The molecule has 0 spiro atoms. The molecule has 2 rings (SSSR count). The van der Waals surface area contributed by atoms with Crippen molar-refractivity contribution in [1.29, 1.82) is 0 Å². The number of aryl methyl sites for hydroxylation is 1. The van der Waals surface area contributed by atoms with E-state index in [2.05, 4.69) is 6.42 Å². The zero-order chi connectivity index (χ0) is 20.6. The molecular formula is C23H29O5. The third-order valence-corrected chi connectivity index (χ3v) is 3.90. The number of rotatable bonds is 9. The molecule has 151 valence electrons. The molecule has 0 aliphatic rings. The largest absolute Gasteiger partial charge is 0.493 e. The maximum Gasteiger partial charge on any atom is 0.344 e. The molecule has 0 amide bonds. The molecular weight excluding hydrogens is 356 g/mol. The van der Waals surface area contributed by atoms with E-state index in [4.69, 9.17) is 18.9 Å². The van der Waals surface area contributed by atoms with Crippen molar-refractivity contribution in [3.8, 4) is 17.2 Å².